The van der Waals surface area contributed by atoms with Gasteiger partial charge in [0.1, 0.15) is 5.82 Å². The van der Waals surface area contributed by atoms with Gasteiger partial charge in [0.05, 0.1) is 12.1 Å². The third-order valence-electron chi connectivity index (χ3n) is 3.07. The minimum Gasteiger partial charge on any atom is -0.394 e. The Morgan fingerprint density at radius 2 is 1.95 bits per heavy atom. The lowest BCUT2D eigenvalue weighted by atomic mass is 10.1. The van der Waals surface area contributed by atoms with E-state index in [2.05, 4.69) is 0 Å². The first kappa shape index (κ1) is 16.0. The van der Waals surface area contributed by atoms with Crippen LogP contribution in [0.5, 0.6) is 0 Å². The van der Waals surface area contributed by atoms with Gasteiger partial charge in [-0.2, -0.15) is 0 Å². The highest BCUT2D eigenvalue weighted by Gasteiger charge is 2.26. The summed E-state index contributed by atoms with van der Waals surface area (Å²) >= 11 is 1.52. The van der Waals surface area contributed by atoms with Crippen molar-refractivity contribution < 1.29 is 14.3 Å². The van der Waals surface area contributed by atoms with Crippen molar-refractivity contribution >= 4 is 17.7 Å². The molecule has 0 saturated heterocycles. The molecule has 0 spiro atoms. The number of hydrogen-bond acceptors (Lipinski definition) is 3. The van der Waals surface area contributed by atoms with Crippen LogP contribution in [-0.4, -0.2) is 40.9 Å². The first-order chi connectivity index (χ1) is 8.86. The van der Waals surface area contributed by atoms with Crippen molar-refractivity contribution in [2.75, 3.05) is 19.4 Å². The maximum atomic E-state index is 12.7. The monoisotopic (exact) mass is 285 g/mol. The van der Waals surface area contributed by atoms with Gasteiger partial charge in [0.15, 0.2) is 0 Å². The van der Waals surface area contributed by atoms with Crippen LogP contribution in [0.4, 0.5) is 4.39 Å². The molecule has 0 fully saturated rings. The molecular formula is C14H20FNO2S. The van der Waals surface area contributed by atoms with Crippen LogP contribution in [-0.2, 0) is 4.79 Å². The summed E-state index contributed by atoms with van der Waals surface area (Å²) in [5.41, 5.74) is -0.544. The fourth-order valence-corrected chi connectivity index (χ4v) is 2.24. The Hall–Kier alpha value is -1.07. The van der Waals surface area contributed by atoms with Gasteiger partial charge in [0.25, 0.3) is 0 Å². The van der Waals surface area contributed by atoms with Crippen molar-refractivity contribution in [2.24, 2.45) is 0 Å². The second-order valence-corrected chi connectivity index (χ2v) is 6.14. The number of carbonyl (C=O) groups excluding carboxylic acids is 1. The Bertz CT molecular complexity index is 420. The Morgan fingerprint density at radius 3 is 2.47 bits per heavy atom. The lowest BCUT2D eigenvalue weighted by molar-refractivity contribution is -0.135. The summed E-state index contributed by atoms with van der Waals surface area (Å²) in [7, 11) is 1.70. The largest absolute Gasteiger partial charge is 0.394 e. The number of amides is 1. The maximum Gasteiger partial charge on any atom is 0.223 e. The molecule has 0 aromatic heterocycles. The summed E-state index contributed by atoms with van der Waals surface area (Å²) in [5, 5.41) is 9.21. The van der Waals surface area contributed by atoms with E-state index in [9.17, 15) is 14.3 Å². The second-order valence-electron chi connectivity index (χ2n) is 4.98. The lowest BCUT2D eigenvalue weighted by Gasteiger charge is -2.34. The van der Waals surface area contributed by atoms with Crippen molar-refractivity contribution in [2.45, 2.75) is 30.7 Å². The van der Waals surface area contributed by atoms with E-state index in [0.29, 0.717) is 12.2 Å². The molecule has 5 heteroatoms. The van der Waals surface area contributed by atoms with Crippen molar-refractivity contribution in [3.8, 4) is 0 Å². The molecule has 0 aliphatic carbocycles. The maximum absolute atomic E-state index is 12.7. The summed E-state index contributed by atoms with van der Waals surface area (Å²) in [6, 6.07) is 6.22. The molecule has 0 radical (unpaired) electrons. The smallest absolute Gasteiger partial charge is 0.223 e. The number of thioether (sulfide) groups is 1. The highest BCUT2D eigenvalue weighted by molar-refractivity contribution is 7.99. The third kappa shape index (κ3) is 4.84. The molecule has 0 saturated carbocycles. The van der Waals surface area contributed by atoms with E-state index in [1.165, 1.54) is 23.9 Å². The van der Waals surface area contributed by atoms with Crippen LogP contribution in [0.3, 0.4) is 0 Å². The zero-order chi connectivity index (χ0) is 14.5. The molecule has 106 valence electrons. The van der Waals surface area contributed by atoms with Gasteiger partial charge in [-0.25, -0.2) is 4.39 Å². The standard InChI is InChI=1S/C14H20FNO2S/c1-14(2,10-17)16(3)13(18)8-9-19-12-6-4-11(15)5-7-12/h4-7,17H,8-10H2,1-3H3. The normalized spacial score (nSPS) is 11.4. The van der Waals surface area contributed by atoms with Crippen LogP contribution in [0.15, 0.2) is 29.2 Å². The van der Waals surface area contributed by atoms with Gasteiger partial charge in [-0.15, -0.1) is 11.8 Å². The van der Waals surface area contributed by atoms with Crippen LogP contribution in [0.1, 0.15) is 20.3 Å². The first-order valence-corrected chi connectivity index (χ1v) is 7.11. The number of carbonyl (C=O) groups is 1. The van der Waals surface area contributed by atoms with Crippen LogP contribution >= 0.6 is 11.8 Å². The molecule has 1 aromatic carbocycles. The van der Waals surface area contributed by atoms with Crippen molar-refractivity contribution in [3.63, 3.8) is 0 Å². The number of aliphatic hydroxyl groups is 1. The van der Waals surface area contributed by atoms with Crippen LogP contribution < -0.4 is 0 Å². The lowest BCUT2D eigenvalue weighted by Crippen LogP contribution is -2.47. The second kappa shape index (κ2) is 6.91. The number of rotatable bonds is 6. The summed E-state index contributed by atoms with van der Waals surface area (Å²) in [5.74, 6) is 0.370. The number of benzene rings is 1. The van der Waals surface area contributed by atoms with E-state index in [1.807, 2.05) is 13.8 Å². The molecule has 1 aromatic rings. The molecule has 0 aliphatic rings. The zero-order valence-corrected chi connectivity index (χ0v) is 12.3. The topological polar surface area (TPSA) is 40.5 Å². The van der Waals surface area contributed by atoms with E-state index in [0.717, 1.165) is 4.90 Å². The quantitative estimate of drug-likeness (QED) is 0.817. The zero-order valence-electron chi connectivity index (χ0n) is 11.5. The summed E-state index contributed by atoms with van der Waals surface area (Å²) in [4.78, 5) is 14.4. The van der Waals surface area contributed by atoms with Gasteiger partial charge < -0.3 is 10.0 Å². The molecule has 0 aliphatic heterocycles. The van der Waals surface area contributed by atoms with E-state index in [4.69, 9.17) is 0 Å². The average molecular weight is 285 g/mol. The SMILES string of the molecule is CN(C(=O)CCSc1ccc(F)cc1)C(C)(C)CO. The Balaban J connectivity index is 2.41. The Labute approximate surface area is 117 Å². The third-order valence-corrected chi connectivity index (χ3v) is 4.08. The number of aliphatic hydroxyl groups excluding tert-OH is 1. The van der Waals surface area contributed by atoms with Crippen molar-refractivity contribution in [1.82, 2.24) is 4.90 Å². The molecule has 19 heavy (non-hydrogen) atoms. The first-order valence-electron chi connectivity index (χ1n) is 6.13. The van der Waals surface area contributed by atoms with Gasteiger partial charge in [-0.1, -0.05) is 0 Å². The number of nitrogens with zero attached hydrogens (tertiary/aromatic N) is 1. The highest BCUT2D eigenvalue weighted by atomic mass is 32.2. The van der Waals surface area contributed by atoms with E-state index >= 15 is 0 Å². The van der Waals surface area contributed by atoms with Gasteiger partial charge in [-0.3, -0.25) is 4.79 Å². The summed E-state index contributed by atoms with van der Waals surface area (Å²) in [6.45, 7) is 3.57. The summed E-state index contributed by atoms with van der Waals surface area (Å²) < 4.78 is 12.7. The van der Waals surface area contributed by atoms with Gasteiger partial charge in [0, 0.05) is 24.1 Å². The molecule has 0 unspecified atom stereocenters. The van der Waals surface area contributed by atoms with Crippen LogP contribution in [0.2, 0.25) is 0 Å². The molecule has 3 nitrogen and oxygen atoms in total. The van der Waals surface area contributed by atoms with Crippen molar-refractivity contribution in [1.29, 1.82) is 0 Å². The molecular weight excluding hydrogens is 265 g/mol. The number of hydrogen-bond donors (Lipinski definition) is 1. The Morgan fingerprint density at radius 1 is 1.37 bits per heavy atom. The fraction of sp³-hybridized carbons (Fsp3) is 0.500. The number of likely N-dealkylation sites (N-methyl/N-ethyl adjacent to an activating group) is 1. The number of halogens is 1. The molecule has 1 amide bonds. The van der Waals surface area contributed by atoms with E-state index in [1.54, 1.807) is 24.1 Å². The van der Waals surface area contributed by atoms with E-state index in [-0.39, 0.29) is 18.3 Å². The molecule has 0 atom stereocenters. The Kier molecular flexibility index (Phi) is 5.82. The molecule has 0 bridgehead atoms. The molecule has 1 N–H and O–H groups in total. The average Bonchev–Trinajstić information content (AvgIpc) is 2.40. The van der Waals surface area contributed by atoms with Crippen molar-refractivity contribution in [3.05, 3.63) is 30.1 Å². The molecule has 1 rings (SSSR count). The predicted molar refractivity (Wildman–Crippen MR) is 75.7 cm³/mol. The van der Waals surface area contributed by atoms with E-state index < -0.39 is 5.54 Å². The molecule has 0 heterocycles. The fourth-order valence-electron chi connectivity index (χ4n) is 1.40. The van der Waals surface area contributed by atoms with Gasteiger partial charge >= 0.3 is 0 Å². The summed E-state index contributed by atoms with van der Waals surface area (Å²) in [6.07, 6.45) is 0.391. The van der Waals surface area contributed by atoms with Gasteiger partial charge in [0.2, 0.25) is 5.91 Å². The van der Waals surface area contributed by atoms with Crippen LogP contribution in [0.25, 0.3) is 0 Å². The van der Waals surface area contributed by atoms with Crippen LogP contribution in [0, 0.1) is 5.82 Å². The minimum atomic E-state index is -0.544. The van der Waals surface area contributed by atoms with Gasteiger partial charge in [-0.05, 0) is 38.1 Å². The minimum absolute atomic E-state index is 0.00587. The highest BCUT2D eigenvalue weighted by Crippen LogP contribution is 2.20. The predicted octanol–water partition coefficient (Wildman–Crippen LogP) is 2.54.